The quantitative estimate of drug-likeness (QED) is 0.643. The second-order valence-electron chi connectivity index (χ2n) is 4.73. The van der Waals surface area contributed by atoms with Crippen molar-refractivity contribution in [3.63, 3.8) is 0 Å². The Morgan fingerprint density at radius 1 is 1.54 bits per heavy atom. The van der Waals surface area contributed by atoms with Gasteiger partial charge in [-0.25, -0.2) is 0 Å². The minimum atomic E-state index is 0.310. The van der Waals surface area contributed by atoms with Gasteiger partial charge in [0.1, 0.15) is 0 Å². The van der Waals surface area contributed by atoms with Crippen LogP contribution in [0.25, 0.3) is 0 Å². The normalized spacial score (nSPS) is 28.5. The number of rotatable bonds is 2. The summed E-state index contributed by atoms with van der Waals surface area (Å²) in [4.78, 5) is 13.5. The van der Waals surface area contributed by atoms with Crippen molar-refractivity contribution >= 4 is 5.91 Å². The molecular formula is C11H21NO. The predicted molar refractivity (Wildman–Crippen MR) is 54.4 cm³/mol. The van der Waals surface area contributed by atoms with Crippen molar-refractivity contribution in [2.45, 2.75) is 40.5 Å². The van der Waals surface area contributed by atoms with Gasteiger partial charge in [0.2, 0.25) is 5.91 Å². The van der Waals surface area contributed by atoms with E-state index in [4.69, 9.17) is 0 Å². The van der Waals surface area contributed by atoms with Crippen molar-refractivity contribution in [3.8, 4) is 0 Å². The highest BCUT2D eigenvalue weighted by Gasteiger charge is 2.37. The molecule has 0 aliphatic carbocycles. The maximum atomic E-state index is 11.5. The Balaban J connectivity index is 2.58. The highest BCUT2D eigenvalue weighted by molar-refractivity contribution is 5.76. The van der Waals surface area contributed by atoms with E-state index in [2.05, 4.69) is 20.8 Å². The molecule has 0 unspecified atom stereocenters. The lowest BCUT2D eigenvalue weighted by atomic mass is 9.78. The number of likely N-dealkylation sites (tertiary alicyclic amines) is 1. The van der Waals surface area contributed by atoms with Crippen molar-refractivity contribution < 1.29 is 4.79 Å². The zero-order valence-corrected chi connectivity index (χ0v) is 9.26. The summed E-state index contributed by atoms with van der Waals surface area (Å²) in [6.07, 6.45) is 1.81. The van der Waals surface area contributed by atoms with Gasteiger partial charge in [-0.1, -0.05) is 27.7 Å². The molecule has 1 rings (SSSR count). The first-order valence-corrected chi connectivity index (χ1v) is 5.27. The van der Waals surface area contributed by atoms with Gasteiger partial charge in [-0.15, -0.1) is 0 Å². The number of hydrogen-bond donors (Lipinski definition) is 0. The van der Waals surface area contributed by atoms with Crippen LogP contribution in [0.5, 0.6) is 0 Å². The molecule has 1 fully saturated rings. The van der Waals surface area contributed by atoms with Gasteiger partial charge in [-0.3, -0.25) is 4.79 Å². The van der Waals surface area contributed by atoms with Gasteiger partial charge in [-0.2, -0.15) is 0 Å². The topological polar surface area (TPSA) is 20.3 Å². The summed E-state index contributed by atoms with van der Waals surface area (Å²) in [5.74, 6) is 0.978. The van der Waals surface area contributed by atoms with Crippen molar-refractivity contribution in [2.75, 3.05) is 13.1 Å². The van der Waals surface area contributed by atoms with Crippen molar-refractivity contribution in [1.82, 2.24) is 4.90 Å². The average molecular weight is 183 g/mol. The molecule has 1 aliphatic heterocycles. The summed E-state index contributed by atoms with van der Waals surface area (Å²) in [5.41, 5.74) is 0.352. The minimum Gasteiger partial charge on any atom is -0.342 e. The van der Waals surface area contributed by atoms with E-state index in [-0.39, 0.29) is 0 Å². The van der Waals surface area contributed by atoms with Crippen molar-refractivity contribution in [3.05, 3.63) is 0 Å². The Bertz CT molecular complexity index is 200. The van der Waals surface area contributed by atoms with Crippen LogP contribution in [0.4, 0.5) is 0 Å². The Morgan fingerprint density at radius 3 is 2.54 bits per heavy atom. The molecular weight excluding hydrogens is 162 g/mol. The monoisotopic (exact) mass is 183 g/mol. The molecule has 0 N–H and O–H groups in total. The first-order valence-electron chi connectivity index (χ1n) is 5.27. The van der Waals surface area contributed by atoms with Crippen LogP contribution in [0.3, 0.4) is 0 Å². The lowest BCUT2D eigenvalue weighted by Gasteiger charge is -2.28. The van der Waals surface area contributed by atoms with Crippen LogP contribution >= 0.6 is 0 Å². The number of nitrogens with zero attached hydrogens (tertiary/aromatic N) is 1. The molecule has 1 heterocycles. The first kappa shape index (κ1) is 10.6. The Morgan fingerprint density at radius 2 is 2.15 bits per heavy atom. The predicted octanol–water partition coefficient (Wildman–Crippen LogP) is 2.29. The standard InChI is InChI=1S/C11H21NO/c1-5-10(13)12-7-6-11(4,8-12)9(2)3/h9H,5-8H2,1-4H3/t11-/m1/s1. The van der Waals surface area contributed by atoms with E-state index < -0.39 is 0 Å². The summed E-state index contributed by atoms with van der Waals surface area (Å²) in [7, 11) is 0. The molecule has 0 aromatic heterocycles. The van der Waals surface area contributed by atoms with Gasteiger partial charge < -0.3 is 4.90 Å². The third-order valence-corrected chi connectivity index (χ3v) is 3.55. The van der Waals surface area contributed by atoms with Crippen LogP contribution in [0, 0.1) is 11.3 Å². The molecule has 0 aromatic carbocycles. The van der Waals surface area contributed by atoms with E-state index in [0.29, 0.717) is 23.7 Å². The van der Waals surface area contributed by atoms with E-state index in [0.717, 1.165) is 19.5 Å². The lowest BCUT2D eigenvalue weighted by Crippen LogP contribution is -2.32. The smallest absolute Gasteiger partial charge is 0.222 e. The molecule has 0 radical (unpaired) electrons. The van der Waals surface area contributed by atoms with Crippen LogP contribution in [-0.2, 0) is 4.79 Å². The highest BCUT2D eigenvalue weighted by Crippen LogP contribution is 2.37. The van der Waals surface area contributed by atoms with E-state index >= 15 is 0 Å². The van der Waals surface area contributed by atoms with Gasteiger partial charge in [0, 0.05) is 19.5 Å². The second-order valence-corrected chi connectivity index (χ2v) is 4.73. The van der Waals surface area contributed by atoms with Crippen LogP contribution < -0.4 is 0 Å². The van der Waals surface area contributed by atoms with E-state index in [9.17, 15) is 4.79 Å². The van der Waals surface area contributed by atoms with Gasteiger partial charge in [0.05, 0.1) is 0 Å². The van der Waals surface area contributed by atoms with Crippen LogP contribution in [-0.4, -0.2) is 23.9 Å². The lowest BCUT2D eigenvalue weighted by molar-refractivity contribution is -0.130. The summed E-state index contributed by atoms with van der Waals surface area (Å²) < 4.78 is 0. The molecule has 13 heavy (non-hydrogen) atoms. The molecule has 1 atom stereocenters. The molecule has 0 spiro atoms. The Labute approximate surface area is 81.3 Å². The molecule has 0 bridgehead atoms. The zero-order valence-electron chi connectivity index (χ0n) is 9.26. The fourth-order valence-corrected chi connectivity index (χ4v) is 1.89. The van der Waals surface area contributed by atoms with Gasteiger partial charge >= 0.3 is 0 Å². The number of carbonyl (C=O) groups is 1. The minimum absolute atomic E-state index is 0.310. The molecule has 1 aliphatic rings. The zero-order chi connectivity index (χ0) is 10.1. The SMILES string of the molecule is CCC(=O)N1CC[C@@](C)(C(C)C)C1. The average Bonchev–Trinajstić information content (AvgIpc) is 2.48. The summed E-state index contributed by atoms with van der Waals surface area (Å²) in [5, 5.41) is 0. The molecule has 0 saturated carbocycles. The molecule has 1 amide bonds. The highest BCUT2D eigenvalue weighted by atomic mass is 16.2. The maximum absolute atomic E-state index is 11.5. The van der Waals surface area contributed by atoms with E-state index in [1.807, 2.05) is 11.8 Å². The van der Waals surface area contributed by atoms with Crippen LogP contribution in [0.1, 0.15) is 40.5 Å². The summed E-state index contributed by atoms with van der Waals surface area (Å²) in [6.45, 7) is 10.6. The Hall–Kier alpha value is -0.530. The molecule has 0 aromatic rings. The fraction of sp³-hybridized carbons (Fsp3) is 0.909. The van der Waals surface area contributed by atoms with Crippen molar-refractivity contribution in [1.29, 1.82) is 0 Å². The summed E-state index contributed by atoms with van der Waals surface area (Å²) >= 11 is 0. The first-order chi connectivity index (χ1) is 5.99. The van der Waals surface area contributed by atoms with Crippen LogP contribution in [0.15, 0.2) is 0 Å². The third-order valence-electron chi connectivity index (χ3n) is 3.55. The second kappa shape index (κ2) is 3.69. The molecule has 2 heteroatoms. The van der Waals surface area contributed by atoms with E-state index in [1.54, 1.807) is 0 Å². The van der Waals surface area contributed by atoms with E-state index in [1.165, 1.54) is 0 Å². The van der Waals surface area contributed by atoms with Crippen LogP contribution in [0.2, 0.25) is 0 Å². The molecule has 76 valence electrons. The molecule has 2 nitrogen and oxygen atoms in total. The van der Waals surface area contributed by atoms with Gasteiger partial charge in [0.25, 0.3) is 0 Å². The van der Waals surface area contributed by atoms with Gasteiger partial charge in [0.15, 0.2) is 0 Å². The number of carbonyl (C=O) groups excluding carboxylic acids is 1. The number of amides is 1. The number of hydrogen-bond acceptors (Lipinski definition) is 1. The molecule has 1 saturated heterocycles. The third kappa shape index (κ3) is 2.04. The summed E-state index contributed by atoms with van der Waals surface area (Å²) in [6, 6.07) is 0. The van der Waals surface area contributed by atoms with Crippen molar-refractivity contribution in [2.24, 2.45) is 11.3 Å². The largest absolute Gasteiger partial charge is 0.342 e. The Kier molecular flexibility index (Phi) is 2.99. The fourth-order valence-electron chi connectivity index (χ4n) is 1.89. The maximum Gasteiger partial charge on any atom is 0.222 e. The van der Waals surface area contributed by atoms with Gasteiger partial charge in [-0.05, 0) is 17.8 Å².